The fraction of sp³-hybridized carbons (Fsp3) is 0.273. The molecule has 1 nitrogen and oxygen atoms in total. The molecule has 0 saturated heterocycles. The molecule has 0 radical (unpaired) electrons. The molecule has 0 aliphatic rings. The number of hydrogen-bond acceptors (Lipinski definition) is 1. The van der Waals surface area contributed by atoms with Crippen molar-refractivity contribution in [3.8, 4) is 5.75 Å². The van der Waals surface area contributed by atoms with E-state index in [1.807, 2.05) is 38.1 Å². The van der Waals surface area contributed by atoms with Gasteiger partial charge in [0.05, 0.1) is 7.11 Å². The largest absolute Gasteiger partial charge is 0.496 e. The monoisotopic (exact) mass is 164 g/mol. The van der Waals surface area contributed by atoms with Crippen molar-refractivity contribution in [2.75, 3.05) is 7.11 Å². The van der Waals surface area contributed by atoms with E-state index >= 15 is 0 Å². The van der Waals surface area contributed by atoms with Crippen LogP contribution < -0.4 is 4.74 Å². The summed E-state index contributed by atoms with van der Waals surface area (Å²) in [5.41, 5.74) is 1.03. The Morgan fingerprint density at radius 3 is 2.25 bits per heavy atom. The molecule has 0 spiro atoms. The van der Waals surface area contributed by atoms with Crippen LogP contribution in [0.15, 0.2) is 30.8 Å². The van der Waals surface area contributed by atoms with Gasteiger partial charge in [-0.2, -0.15) is 0 Å². The van der Waals surface area contributed by atoms with E-state index in [-0.39, 0.29) is 0 Å². The number of hydrogen-bond donors (Lipinski definition) is 0. The fourth-order valence-electron chi connectivity index (χ4n) is 0.835. The Balaban J connectivity index is 0.000000561. The molecule has 0 atom stereocenters. The van der Waals surface area contributed by atoms with Crippen molar-refractivity contribution in [3.63, 3.8) is 0 Å². The maximum absolute atomic E-state index is 5.06. The van der Waals surface area contributed by atoms with E-state index in [1.165, 1.54) is 0 Å². The number of benzene rings is 1. The molecule has 0 saturated carbocycles. The van der Waals surface area contributed by atoms with Crippen LogP contribution in [0.25, 0.3) is 6.08 Å². The molecule has 1 heteroatoms. The van der Waals surface area contributed by atoms with Crippen molar-refractivity contribution in [2.24, 2.45) is 0 Å². The topological polar surface area (TPSA) is 9.23 Å². The zero-order valence-electron chi connectivity index (χ0n) is 8.00. The van der Waals surface area contributed by atoms with Gasteiger partial charge in [-0.25, -0.2) is 0 Å². The molecule has 1 rings (SSSR count). The Labute approximate surface area is 74.7 Å². The van der Waals surface area contributed by atoms with E-state index in [4.69, 9.17) is 4.74 Å². The Morgan fingerprint density at radius 2 is 1.83 bits per heavy atom. The van der Waals surface area contributed by atoms with E-state index < -0.39 is 0 Å². The summed E-state index contributed by atoms with van der Waals surface area (Å²) >= 11 is 0. The third-order valence-electron chi connectivity index (χ3n) is 1.36. The first-order valence-electron chi connectivity index (χ1n) is 4.14. The van der Waals surface area contributed by atoms with Crippen LogP contribution in [0.3, 0.4) is 0 Å². The molecule has 1 aromatic carbocycles. The van der Waals surface area contributed by atoms with E-state index in [0.29, 0.717) is 0 Å². The van der Waals surface area contributed by atoms with Gasteiger partial charge in [0.1, 0.15) is 5.75 Å². The molecule has 0 bridgehead atoms. The third-order valence-corrected chi connectivity index (χ3v) is 1.36. The highest BCUT2D eigenvalue weighted by Gasteiger charge is 1.93. The maximum Gasteiger partial charge on any atom is 0.126 e. The summed E-state index contributed by atoms with van der Waals surface area (Å²) in [4.78, 5) is 0. The summed E-state index contributed by atoms with van der Waals surface area (Å²) in [5.74, 6) is 0.873. The van der Waals surface area contributed by atoms with Gasteiger partial charge in [0, 0.05) is 5.56 Å². The van der Waals surface area contributed by atoms with Crippen molar-refractivity contribution < 1.29 is 4.74 Å². The van der Waals surface area contributed by atoms with Gasteiger partial charge in [-0.1, -0.05) is 44.7 Å². The van der Waals surface area contributed by atoms with Crippen molar-refractivity contribution >= 4 is 6.08 Å². The maximum atomic E-state index is 5.06. The van der Waals surface area contributed by atoms with Crippen LogP contribution in [0.5, 0.6) is 5.75 Å². The van der Waals surface area contributed by atoms with Gasteiger partial charge in [-0.15, -0.1) is 0 Å². The molecule has 0 fully saturated rings. The van der Waals surface area contributed by atoms with Crippen LogP contribution >= 0.6 is 0 Å². The lowest BCUT2D eigenvalue weighted by Gasteiger charge is -2.01. The quantitative estimate of drug-likeness (QED) is 0.651. The summed E-state index contributed by atoms with van der Waals surface area (Å²) < 4.78 is 5.06. The van der Waals surface area contributed by atoms with Crippen LogP contribution in [0.4, 0.5) is 0 Å². The number of ether oxygens (including phenoxy) is 1. The predicted molar refractivity (Wildman–Crippen MR) is 54.4 cm³/mol. The molecule has 0 aromatic heterocycles. The van der Waals surface area contributed by atoms with Crippen molar-refractivity contribution in [2.45, 2.75) is 13.8 Å². The Morgan fingerprint density at radius 1 is 1.25 bits per heavy atom. The average molecular weight is 164 g/mol. The first-order valence-corrected chi connectivity index (χ1v) is 4.14. The molecule has 1 aromatic rings. The van der Waals surface area contributed by atoms with Gasteiger partial charge in [-0.05, 0) is 6.07 Å². The second-order valence-corrected chi connectivity index (χ2v) is 1.95. The minimum absolute atomic E-state index is 0.873. The second-order valence-electron chi connectivity index (χ2n) is 1.95. The first-order chi connectivity index (χ1) is 5.88. The highest BCUT2D eigenvalue weighted by atomic mass is 16.5. The number of rotatable bonds is 2. The molecule has 0 aliphatic carbocycles. The number of para-hydroxylation sites is 1. The Hall–Kier alpha value is -1.24. The number of methoxy groups -OCH3 is 1. The lowest BCUT2D eigenvalue weighted by Crippen LogP contribution is -1.84. The Kier molecular flexibility index (Phi) is 5.80. The summed E-state index contributed by atoms with van der Waals surface area (Å²) in [6, 6.07) is 7.77. The molecule has 66 valence electrons. The summed E-state index contributed by atoms with van der Waals surface area (Å²) in [7, 11) is 1.66. The standard InChI is InChI=1S/C9H10O.C2H6/c1-3-8-6-4-5-7-9(8)10-2;1-2/h3-7H,1H2,2H3;1-2H3. The third kappa shape index (κ3) is 2.79. The zero-order valence-corrected chi connectivity index (χ0v) is 8.00. The van der Waals surface area contributed by atoms with Gasteiger partial charge in [-0.3, -0.25) is 0 Å². The molecule has 0 amide bonds. The molecular formula is C11H16O. The van der Waals surface area contributed by atoms with Crippen LogP contribution in [-0.4, -0.2) is 7.11 Å². The van der Waals surface area contributed by atoms with Gasteiger partial charge in [0.25, 0.3) is 0 Å². The molecule has 0 heterocycles. The smallest absolute Gasteiger partial charge is 0.126 e. The lowest BCUT2D eigenvalue weighted by molar-refractivity contribution is 0.414. The molecule has 0 aliphatic heterocycles. The summed E-state index contributed by atoms with van der Waals surface area (Å²) in [6.07, 6.45) is 1.78. The van der Waals surface area contributed by atoms with E-state index in [9.17, 15) is 0 Å². The van der Waals surface area contributed by atoms with Gasteiger partial charge in [0.15, 0.2) is 0 Å². The predicted octanol–water partition coefficient (Wildman–Crippen LogP) is 3.36. The molecular weight excluding hydrogens is 148 g/mol. The normalized spacial score (nSPS) is 7.92. The van der Waals surface area contributed by atoms with Gasteiger partial charge in [0.2, 0.25) is 0 Å². The fourth-order valence-corrected chi connectivity index (χ4v) is 0.835. The van der Waals surface area contributed by atoms with E-state index in [1.54, 1.807) is 13.2 Å². The van der Waals surface area contributed by atoms with E-state index in [0.717, 1.165) is 11.3 Å². The summed E-state index contributed by atoms with van der Waals surface area (Å²) in [5, 5.41) is 0. The van der Waals surface area contributed by atoms with Crippen LogP contribution in [0.1, 0.15) is 19.4 Å². The van der Waals surface area contributed by atoms with Crippen LogP contribution in [0, 0.1) is 0 Å². The minimum Gasteiger partial charge on any atom is -0.496 e. The zero-order chi connectivity index (χ0) is 9.40. The molecule has 0 N–H and O–H groups in total. The minimum atomic E-state index is 0.873. The van der Waals surface area contributed by atoms with Crippen LogP contribution in [0.2, 0.25) is 0 Å². The average Bonchev–Trinajstić information content (AvgIpc) is 2.20. The van der Waals surface area contributed by atoms with Crippen molar-refractivity contribution in [3.05, 3.63) is 36.4 Å². The Bertz CT molecular complexity index is 228. The first kappa shape index (κ1) is 10.8. The molecule has 0 unspecified atom stereocenters. The van der Waals surface area contributed by atoms with Crippen LogP contribution in [-0.2, 0) is 0 Å². The summed E-state index contributed by atoms with van der Waals surface area (Å²) in [6.45, 7) is 7.66. The molecule has 12 heavy (non-hydrogen) atoms. The van der Waals surface area contributed by atoms with Crippen molar-refractivity contribution in [1.82, 2.24) is 0 Å². The van der Waals surface area contributed by atoms with E-state index in [2.05, 4.69) is 6.58 Å². The highest BCUT2D eigenvalue weighted by Crippen LogP contribution is 2.17. The SMILES string of the molecule is C=Cc1ccccc1OC.CC. The van der Waals surface area contributed by atoms with Crippen molar-refractivity contribution in [1.29, 1.82) is 0 Å². The van der Waals surface area contributed by atoms with Gasteiger partial charge < -0.3 is 4.74 Å². The lowest BCUT2D eigenvalue weighted by atomic mass is 10.2. The highest BCUT2D eigenvalue weighted by molar-refractivity contribution is 5.55. The van der Waals surface area contributed by atoms with Gasteiger partial charge >= 0.3 is 0 Å². The second kappa shape index (κ2) is 6.47.